The molecule has 35 heavy (non-hydrogen) atoms. The van der Waals surface area contributed by atoms with Crippen molar-refractivity contribution in [3.05, 3.63) is 95.7 Å². The molecule has 0 saturated carbocycles. The number of ether oxygens (including phenoxy) is 2. The average Bonchev–Trinajstić information content (AvgIpc) is 2.88. The van der Waals surface area contributed by atoms with Crippen molar-refractivity contribution in [3.63, 3.8) is 0 Å². The van der Waals surface area contributed by atoms with Crippen LogP contribution in [0.1, 0.15) is 22.8 Å². The van der Waals surface area contributed by atoms with E-state index in [0.717, 1.165) is 4.90 Å². The zero-order valence-corrected chi connectivity index (χ0v) is 20.3. The van der Waals surface area contributed by atoms with Crippen LogP contribution in [0.3, 0.4) is 0 Å². The highest BCUT2D eigenvalue weighted by Gasteiger charge is 2.15. The highest BCUT2D eigenvalue weighted by molar-refractivity contribution is 8.00. The molecule has 0 aliphatic carbocycles. The first kappa shape index (κ1) is 25.6. The Hall–Kier alpha value is -4.04. The Kier molecular flexibility index (Phi) is 9.50. The molecule has 0 aliphatic rings. The van der Waals surface area contributed by atoms with Crippen molar-refractivity contribution in [3.8, 4) is 5.75 Å². The fourth-order valence-electron chi connectivity index (χ4n) is 3.02. The van der Waals surface area contributed by atoms with Gasteiger partial charge in [-0.05, 0) is 67.1 Å². The molecule has 0 atom stereocenters. The predicted molar refractivity (Wildman–Crippen MR) is 137 cm³/mol. The highest BCUT2D eigenvalue weighted by atomic mass is 32.2. The number of rotatable bonds is 10. The lowest BCUT2D eigenvalue weighted by atomic mass is 10.1. The van der Waals surface area contributed by atoms with Gasteiger partial charge in [-0.3, -0.25) is 14.4 Å². The standard InChI is InChI=1S/C27H26N2O5S/c1-3-34-25(30)18-35-23-14-12-21(13-15-23)28-27(32)24(17-19-8-7-11-22(16-19)33-2)29-26(31)20-9-5-4-6-10-20/h4-17H,3,18H2,1-2H3,(H,28,32)(H,29,31)/b24-17-. The van der Waals surface area contributed by atoms with Gasteiger partial charge in [-0.15, -0.1) is 11.8 Å². The molecule has 8 heteroatoms. The van der Waals surface area contributed by atoms with E-state index in [9.17, 15) is 14.4 Å². The van der Waals surface area contributed by atoms with Crippen LogP contribution in [0.5, 0.6) is 5.75 Å². The normalized spacial score (nSPS) is 10.9. The number of nitrogens with one attached hydrogen (secondary N) is 2. The van der Waals surface area contributed by atoms with Crippen molar-refractivity contribution in [2.75, 3.05) is 24.8 Å². The first-order valence-corrected chi connectivity index (χ1v) is 11.9. The Morgan fingerprint density at radius 1 is 0.943 bits per heavy atom. The Bertz CT molecular complexity index is 1190. The first-order chi connectivity index (χ1) is 17.0. The summed E-state index contributed by atoms with van der Waals surface area (Å²) in [6.07, 6.45) is 1.59. The zero-order chi connectivity index (χ0) is 25.0. The minimum absolute atomic E-state index is 0.0767. The quantitative estimate of drug-likeness (QED) is 0.242. The van der Waals surface area contributed by atoms with Gasteiger partial charge in [0.15, 0.2) is 0 Å². The Balaban J connectivity index is 1.76. The van der Waals surface area contributed by atoms with Gasteiger partial charge >= 0.3 is 5.97 Å². The lowest BCUT2D eigenvalue weighted by Crippen LogP contribution is -2.30. The molecule has 0 unspecified atom stereocenters. The van der Waals surface area contributed by atoms with Crippen LogP contribution in [-0.2, 0) is 14.3 Å². The molecule has 0 saturated heterocycles. The van der Waals surface area contributed by atoms with Crippen molar-refractivity contribution in [1.82, 2.24) is 5.32 Å². The number of benzene rings is 3. The monoisotopic (exact) mass is 490 g/mol. The van der Waals surface area contributed by atoms with E-state index in [-0.39, 0.29) is 17.4 Å². The second-order valence-electron chi connectivity index (χ2n) is 7.23. The van der Waals surface area contributed by atoms with Crippen LogP contribution in [0, 0.1) is 0 Å². The Morgan fingerprint density at radius 2 is 1.69 bits per heavy atom. The van der Waals surface area contributed by atoms with E-state index in [2.05, 4.69) is 10.6 Å². The third-order valence-electron chi connectivity index (χ3n) is 4.71. The summed E-state index contributed by atoms with van der Waals surface area (Å²) in [4.78, 5) is 38.3. The predicted octanol–water partition coefficient (Wildman–Crippen LogP) is 4.76. The maximum absolute atomic E-state index is 13.1. The largest absolute Gasteiger partial charge is 0.497 e. The SMILES string of the molecule is CCOC(=O)CSc1ccc(NC(=O)/C(=C/c2cccc(OC)c2)NC(=O)c2ccccc2)cc1. The molecule has 0 aliphatic heterocycles. The lowest BCUT2D eigenvalue weighted by molar-refractivity contribution is -0.139. The second-order valence-corrected chi connectivity index (χ2v) is 8.28. The number of amides is 2. The third kappa shape index (κ3) is 8.04. The maximum Gasteiger partial charge on any atom is 0.316 e. The first-order valence-electron chi connectivity index (χ1n) is 10.9. The Morgan fingerprint density at radius 3 is 2.37 bits per heavy atom. The van der Waals surface area contributed by atoms with E-state index in [1.54, 1.807) is 92.9 Å². The van der Waals surface area contributed by atoms with Crippen LogP contribution in [-0.4, -0.2) is 37.3 Å². The minimum atomic E-state index is -0.482. The highest BCUT2D eigenvalue weighted by Crippen LogP contribution is 2.21. The minimum Gasteiger partial charge on any atom is -0.497 e. The molecule has 7 nitrogen and oxygen atoms in total. The van der Waals surface area contributed by atoms with Crippen molar-refractivity contribution in [1.29, 1.82) is 0 Å². The van der Waals surface area contributed by atoms with Gasteiger partial charge in [0.1, 0.15) is 11.4 Å². The number of hydrogen-bond donors (Lipinski definition) is 2. The zero-order valence-electron chi connectivity index (χ0n) is 19.4. The summed E-state index contributed by atoms with van der Waals surface area (Å²) in [6.45, 7) is 2.11. The van der Waals surface area contributed by atoms with Gasteiger partial charge in [-0.1, -0.05) is 30.3 Å². The van der Waals surface area contributed by atoms with Gasteiger partial charge in [-0.25, -0.2) is 0 Å². The number of hydrogen-bond acceptors (Lipinski definition) is 6. The molecule has 180 valence electrons. The van der Waals surface area contributed by atoms with E-state index in [1.807, 2.05) is 6.07 Å². The van der Waals surface area contributed by atoms with Gasteiger partial charge in [0.2, 0.25) is 0 Å². The lowest BCUT2D eigenvalue weighted by Gasteiger charge is -2.12. The van der Waals surface area contributed by atoms with E-state index in [1.165, 1.54) is 11.8 Å². The molecular formula is C27H26N2O5S. The van der Waals surface area contributed by atoms with E-state index < -0.39 is 11.8 Å². The molecule has 0 bridgehead atoms. The van der Waals surface area contributed by atoms with Crippen LogP contribution in [0.15, 0.2) is 89.5 Å². The number of carbonyl (C=O) groups excluding carboxylic acids is 3. The molecule has 0 heterocycles. The molecule has 2 amide bonds. The fraction of sp³-hybridized carbons (Fsp3) is 0.148. The summed E-state index contributed by atoms with van der Waals surface area (Å²) >= 11 is 1.35. The summed E-state index contributed by atoms with van der Waals surface area (Å²) in [7, 11) is 1.56. The fourth-order valence-corrected chi connectivity index (χ4v) is 3.71. The molecule has 0 spiro atoms. The Labute approximate surface area is 208 Å². The maximum atomic E-state index is 13.1. The van der Waals surface area contributed by atoms with Gasteiger partial charge < -0.3 is 20.1 Å². The van der Waals surface area contributed by atoms with Gasteiger partial charge in [0.25, 0.3) is 11.8 Å². The van der Waals surface area contributed by atoms with Crippen LogP contribution in [0.2, 0.25) is 0 Å². The number of carbonyl (C=O) groups is 3. The second kappa shape index (κ2) is 13.0. The molecule has 0 aromatic heterocycles. The number of esters is 1. The molecule has 0 radical (unpaired) electrons. The molecular weight excluding hydrogens is 464 g/mol. The number of methoxy groups -OCH3 is 1. The van der Waals surface area contributed by atoms with Crippen LogP contribution < -0.4 is 15.4 Å². The summed E-state index contributed by atoms with van der Waals surface area (Å²) in [5.41, 5.74) is 1.74. The summed E-state index contributed by atoms with van der Waals surface area (Å²) < 4.78 is 10.2. The molecule has 3 rings (SSSR count). The number of anilines is 1. The molecule has 0 fully saturated rings. The smallest absolute Gasteiger partial charge is 0.316 e. The number of thioether (sulfide) groups is 1. The van der Waals surface area contributed by atoms with Crippen molar-refractivity contribution in [2.45, 2.75) is 11.8 Å². The van der Waals surface area contributed by atoms with Gasteiger partial charge in [-0.2, -0.15) is 0 Å². The molecule has 3 aromatic rings. The summed E-state index contributed by atoms with van der Waals surface area (Å²) in [5.74, 6) is -0.330. The van der Waals surface area contributed by atoms with Crippen LogP contribution >= 0.6 is 11.8 Å². The van der Waals surface area contributed by atoms with E-state index in [0.29, 0.717) is 29.2 Å². The van der Waals surface area contributed by atoms with Crippen LogP contribution in [0.4, 0.5) is 5.69 Å². The molecule has 2 N–H and O–H groups in total. The summed E-state index contributed by atoms with van der Waals surface area (Å²) in [5, 5.41) is 5.52. The van der Waals surface area contributed by atoms with Crippen molar-refractivity contribution < 1.29 is 23.9 Å². The van der Waals surface area contributed by atoms with Crippen molar-refractivity contribution in [2.24, 2.45) is 0 Å². The summed E-state index contributed by atoms with van der Waals surface area (Å²) in [6, 6.07) is 22.9. The van der Waals surface area contributed by atoms with E-state index in [4.69, 9.17) is 9.47 Å². The average molecular weight is 491 g/mol. The van der Waals surface area contributed by atoms with Crippen molar-refractivity contribution >= 4 is 41.3 Å². The van der Waals surface area contributed by atoms with Crippen LogP contribution in [0.25, 0.3) is 6.08 Å². The third-order valence-corrected chi connectivity index (χ3v) is 5.69. The molecule has 3 aromatic carbocycles. The topological polar surface area (TPSA) is 93.7 Å². The van der Waals surface area contributed by atoms with Gasteiger partial charge in [0.05, 0.1) is 19.5 Å². The van der Waals surface area contributed by atoms with Gasteiger partial charge in [0, 0.05) is 16.1 Å². The van der Waals surface area contributed by atoms with E-state index >= 15 is 0 Å².